The van der Waals surface area contributed by atoms with E-state index in [9.17, 15) is 9.59 Å². The van der Waals surface area contributed by atoms with E-state index in [4.69, 9.17) is 5.11 Å². The van der Waals surface area contributed by atoms with Crippen molar-refractivity contribution >= 4 is 28.3 Å². The van der Waals surface area contributed by atoms with Crippen molar-refractivity contribution in [1.29, 1.82) is 0 Å². The number of aliphatic carboxylic acids is 1. The fraction of sp³-hybridized carbons (Fsp3) is 0.583. The molecule has 0 saturated carbocycles. The molecule has 0 aromatic carbocycles. The number of amides is 1. The van der Waals surface area contributed by atoms with Gasteiger partial charge in [0.05, 0.1) is 11.1 Å². The maximum absolute atomic E-state index is 11.7. The number of rotatable bonds is 5. The number of anilines is 1. The molecule has 5 nitrogen and oxygen atoms in total. The lowest BCUT2D eigenvalue weighted by molar-refractivity contribution is -0.148. The molecule has 1 rings (SSSR count). The zero-order valence-electron chi connectivity index (χ0n) is 11.0. The Hall–Kier alpha value is -1.43. The van der Waals surface area contributed by atoms with Crippen molar-refractivity contribution in [1.82, 2.24) is 4.98 Å². The van der Waals surface area contributed by atoms with Crippen molar-refractivity contribution in [2.24, 2.45) is 5.41 Å². The van der Waals surface area contributed by atoms with E-state index < -0.39 is 11.4 Å². The molecule has 0 bridgehead atoms. The molecule has 0 fully saturated rings. The number of hydrogen-bond acceptors (Lipinski definition) is 4. The average molecular weight is 270 g/mol. The van der Waals surface area contributed by atoms with E-state index in [-0.39, 0.29) is 12.3 Å². The highest BCUT2D eigenvalue weighted by molar-refractivity contribution is 7.15. The molecule has 0 saturated heterocycles. The third-order valence-electron chi connectivity index (χ3n) is 2.66. The van der Waals surface area contributed by atoms with Gasteiger partial charge in [0.15, 0.2) is 5.13 Å². The first-order valence-electron chi connectivity index (χ1n) is 5.76. The van der Waals surface area contributed by atoms with Crippen molar-refractivity contribution in [3.8, 4) is 0 Å². The van der Waals surface area contributed by atoms with Gasteiger partial charge in [-0.1, -0.05) is 6.92 Å². The van der Waals surface area contributed by atoms with Crippen LogP contribution >= 0.6 is 11.3 Å². The van der Waals surface area contributed by atoms with E-state index in [0.29, 0.717) is 5.13 Å². The van der Waals surface area contributed by atoms with E-state index >= 15 is 0 Å². The Morgan fingerprint density at radius 2 is 2.06 bits per heavy atom. The van der Waals surface area contributed by atoms with Crippen molar-refractivity contribution in [2.75, 3.05) is 5.32 Å². The molecule has 6 heteroatoms. The summed E-state index contributed by atoms with van der Waals surface area (Å²) in [7, 11) is 0. The summed E-state index contributed by atoms with van der Waals surface area (Å²) in [6.07, 6.45) is 0.751. The number of nitrogens with one attached hydrogen (secondary N) is 1. The summed E-state index contributed by atoms with van der Waals surface area (Å²) >= 11 is 1.41. The number of carbonyl (C=O) groups excluding carboxylic acids is 1. The predicted octanol–water partition coefficient (Wildman–Crippen LogP) is 2.45. The van der Waals surface area contributed by atoms with Crippen LogP contribution in [0.25, 0.3) is 0 Å². The van der Waals surface area contributed by atoms with E-state index in [1.807, 2.05) is 13.8 Å². The molecule has 1 aromatic rings. The quantitative estimate of drug-likeness (QED) is 0.861. The maximum atomic E-state index is 11.7. The molecule has 1 heterocycles. The lowest BCUT2D eigenvalue weighted by atomic mass is 9.89. The molecule has 0 atom stereocenters. The van der Waals surface area contributed by atoms with E-state index in [2.05, 4.69) is 10.3 Å². The monoisotopic (exact) mass is 270 g/mol. The van der Waals surface area contributed by atoms with Crippen molar-refractivity contribution < 1.29 is 14.7 Å². The topological polar surface area (TPSA) is 79.3 Å². The number of carboxylic acid groups (broad SMARTS) is 1. The molecule has 0 unspecified atom stereocenters. The number of aromatic nitrogens is 1. The largest absolute Gasteiger partial charge is 0.481 e. The zero-order chi connectivity index (χ0) is 13.9. The van der Waals surface area contributed by atoms with Crippen LogP contribution in [0.15, 0.2) is 0 Å². The number of thiazole rings is 1. The first kappa shape index (κ1) is 14.6. The van der Waals surface area contributed by atoms with Gasteiger partial charge in [-0.05, 0) is 27.2 Å². The van der Waals surface area contributed by atoms with Gasteiger partial charge >= 0.3 is 5.97 Å². The number of carboxylic acids is 1. The normalized spacial score (nSPS) is 11.3. The van der Waals surface area contributed by atoms with Crippen LogP contribution in [0, 0.1) is 12.3 Å². The Balaban J connectivity index is 2.67. The number of nitrogens with zero attached hydrogens (tertiary/aromatic N) is 1. The standard InChI is InChI=1S/C12H18N2O3S/c1-5-8-7(2)18-11(13-8)14-9(15)6-12(3,4)10(16)17/h5-6H2,1-4H3,(H,16,17)(H,13,14,15). The fourth-order valence-corrected chi connectivity index (χ4v) is 2.37. The minimum absolute atomic E-state index is 0.0670. The van der Waals surface area contributed by atoms with E-state index in [1.54, 1.807) is 0 Å². The summed E-state index contributed by atoms with van der Waals surface area (Å²) in [4.78, 5) is 28.0. The molecular weight excluding hydrogens is 252 g/mol. The van der Waals surface area contributed by atoms with E-state index in [1.165, 1.54) is 25.2 Å². The lowest BCUT2D eigenvalue weighted by Gasteiger charge is -2.17. The Bertz CT molecular complexity index is 466. The van der Waals surface area contributed by atoms with Crippen LogP contribution in [0.2, 0.25) is 0 Å². The van der Waals surface area contributed by atoms with Crippen LogP contribution in [-0.2, 0) is 16.0 Å². The summed E-state index contributed by atoms with van der Waals surface area (Å²) in [5.41, 5.74) is -0.1000. The third kappa shape index (κ3) is 3.53. The molecule has 0 aliphatic heterocycles. The van der Waals surface area contributed by atoms with E-state index in [0.717, 1.165) is 17.0 Å². The van der Waals surface area contributed by atoms with Gasteiger partial charge < -0.3 is 10.4 Å². The van der Waals surface area contributed by atoms with Crippen LogP contribution in [0.4, 0.5) is 5.13 Å². The second-order valence-corrected chi connectivity index (χ2v) is 5.99. The molecule has 0 aliphatic rings. The molecule has 1 aromatic heterocycles. The van der Waals surface area contributed by atoms with Gasteiger partial charge in [0.25, 0.3) is 0 Å². The second-order valence-electron chi connectivity index (χ2n) is 4.79. The number of carbonyl (C=O) groups is 2. The molecule has 2 N–H and O–H groups in total. The average Bonchev–Trinajstić information content (AvgIpc) is 2.57. The summed E-state index contributed by atoms with van der Waals surface area (Å²) in [5.74, 6) is -1.30. The molecule has 0 aliphatic carbocycles. The van der Waals surface area contributed by atoms with Gasteiger partial charge in [0, 0.05) is 11.3 Å². The summed E-state index contributed by atoms with van der Waals surface area (Å²) in [6.45, 7) is 7.01. The van der Waals surface area contributed by atoms with Gasteiger partial charge in [-0.2, -0.15) is 0 Å². The van der Waals surface area contributed by atoms with Crippen LogP contribution in [0.3, 0.4) is 0 Å². The Labute approximate surface area is 110 Å². The molecule has 0 spiro atoms. The highest BCUT2D eigenvalue weighted by atomic mass is 32.1. The van der Waals surface area contributed by atoms with Crippen LogP contribution in [0.5, 0.6) is 0 Å². The first-order valence-corrected chi connectivity index (χ1v) is 6.57. The van der Waals surface area contributed by atoms with Gasteiger partial charge in [0.1, 0.15) is 0 Å². The van der Waals surface area contributed by atoms with Crippen molar-refractivity contribution in [3.63, 3.8) is 0 Å². The maximum Gasteiger partial charge on any atom is 0.309 e. The minimum atomic E-state index is -1.07. The highest BCUT2D eigenvalue weighted by Gasteiger charge is 2.30. The number of aryl methyl sites for hydroxylation is 2. The Kier molecular flexibility index (Phi) is 4.45. The predicted molar refractivity (Wildman–Crippen MR) is 70.9 cm³/mol. The molecule has 100 valence electrons. The molecule has 1 amide bonds. The van der Waals surface area contributed by atoms with Crippen LogP contribution in [0.1, 0.15) is 37.8 Å². The second kappa shape index (κ2) is 5.48. The lowest BCUT2D eigenvalue weighted by Crippen LogP contribution is -2.29. The van der Waals surface area contributed by atoms with Crippen molar-refractivity contribution in [3.05, 3.63) is 10.6 Å². The summed E-state index contributed by atoms with van der Waals surface area (Å²) in [6, 6.07) is 0. The molecule has 0 radical (unpaired) electrons. The fourth-order valence-electron chi connectivity index (χ4n) is 1.45. The van der Waals surface area contributed by atoms with Gasteiger partial charge in [-0.3, -0.25) is 9.59 Å². The van der Waals surface area contributed by atoms with Crippen LogP contribution < -0.4 is 5.32 Å². The van der Waals surface area contributed by atoms with Crippen LogP contribution in [-0.4, -0.2) is 22.0 Å². The smallest absolute Gasteiger partial charge is 0.309 e. The summed E-state index contributed by atoms with van der Waals surface area (Å²) < 4.78 is 0. The first-order chi connectivity index (χ1) is 8.26. The summed E-state index contributed by atoms with van der Waals surface area (Å²) in [5, 5.41) is 12.1. The van der Waals surface area contributed by atoms with Crippen molar-refractivity contribution in [2.45, 2.75) is 40.5 Å². The minimum Gasteiger partial charge on any atom is -0.481 e. The molecule has 18 heavy (non-hydrogen) atoms. The Morgan fingerprint density at radius 3 is 2.50 bits per heavy atom. The van der Waals surface area contributed by atoms with Gasteiger partial charge in [-0.25, -0.2) is 4.98 Å². The molecular formula is C12H18N2O3S. The Morgan fingerprint density at radius 1 is 1.44 bits per heavy atom. The zero-order valence-corrected chi connectivity index (χ0v) is 11.8. The van der Waals surface area contributed by atoms with Gasteiger partial charge in [0.2, 0.25) is 5.91 Å². The SMILES string of the molecule is CCc1nc(NC(=O)CC(C)(C)C(=O)O)sc1C. The third-order valence-corrected chi connectivity index (χ3v) is 3.58. The highest BCUT2D eigenvalue weighted by Crippen LogP contribution is 2.25. The van der Waals surface area contributed by atoms with Gasteiger partial charge in [-0.15, -0.1) is 11.3 Å². The number of hydrogen-bond donors (Lipinski definition) is 2.